The van der Waals surface area contributed by atoms with Crippen LogP contribution in [0.25, 0.3) is 0 Å². The Kier molecular flexibility index (Phi) is 2.87. The van der Waals surface area contributed by atoms with E-state index in [1.54, 1.807) is 11.1 Å². The summed E-state index contributed by atoms with van der Waals surface area (Å²) >= 11 is 0. The lowest BCUT2D eigenvalue weighted by molar-refractivity contribution is 0.764. The van der Waals surface area contributed by atoms with Crippen molar-refractivity contribution in [3.05, 3.63) is 34.4 Å². The zero-order valence-corrected chi connectivity index (χ0v) is 9.19. The highest BCUT2D eigenvalue weighted by Crippen LogP contribution is 2.22. The zero-order chi connectivity index (χ0) is 9.97. The first-order valence-electron chi connectivity index (χ1n) is 5.69. The summed E-state index contributed by atoms with van der Waals surface area (Å²) in [4.78, 5) is 0. The van der Waals surface area contributed by atoms with E-state index < -0.39 is 0 Å². The van der Waals surface area contributed by atoms with Gasteiger partial charge >= 0.3 is 0 Å². The van der Waals surface area contributed by atoms with Gasteiger partial charge < -0.3 is 5.32 Å². The van der Waals surface area contributed by atoms with Gasteiger partial charge in [0.1, 0.15) is 0 Å². The maximum atomic E-state index is 3.41. The van der Waals surface area contributed by atoms with Crippen LogP contribution in [0, 0.1) is 0 Å². The molecule has 0 saturated carbocycles. The number of benzene rings is 1. The SMILES string of the molecule is CCCc1cc2c(cc1CC)CNC2. The van der Waals surface area contributed by atoms with Gasteiger partial charge in [0.2, 0.25) is 0 Å². The normalized spacial score (nSPS) is 14.4. The lowest BCUT2D eigenvalue weighted by Crippen LogP contribution is -1.99. The fourth-order valence-corrected chi connectivity index (χ4v) is 2.28. The number of hydrogen-bond acceptors (Lipinski definition) is 1. The van der Waals surface area contributed by atoms with Crippen LogP contribution in [-0.2, 0) is 25.9 Å². The van der Waals surface area contributed by atoms with Crippen LogP contribution in [0.4, 0.5) is 0 Å². The van der Waals surface area contributed by atoms with E-state index in [9.17, 15) is 0 Å². The maximum absolute atomic E-state index is 3.41. The summed E-state index contributed by atoms with van der Waals surface area (Å²) in [7, 11) is 0. The molecule has 1 N–H and O–H groups in total. The molecule has 1 aromatic rings. The molecule has 0 unspecified atom stereocenters. The molecule has 76 valence electrons. The van der Waals surface area contributed by atoms with Gasteiger partial charge in [-0.3, -0.25) is 0 Å². The van der Waals surface area contributed by atoms with Crippen LogP contribution >= 0.6 is 0 Å². The molecule has 1 aliphatic heterocycles. The Balaban J connectivity index is 2.38. The first kappa shape index (κ1) is 9.72. The molecule has 0 atom stereocenters. The van der Waals surface area contributed by atoms with Gasteiger partial charge in [0.05, 0.1) is 0 Å². The fourth-order valence-electron chi connectivity index (χ4n) is 2.28. The summed E-state index contributed by atoms with van der Waals surface area (Å²) in [6.07, 6.45) is 3.65. The minimum absolute atomic E-state index is 1.06. The Morgan fingerprint density at radius 2 is 1.71 bits per heavy atom. The first-order valence-corrected chi connectivity index (χ1v) is 5.69. The van der Waals surface area contributed by atoms with E-state index in [1.807, 2.05) is 0 Å². The van der Waals surface area contributed by atoms with Crippen molar-refractivity contribution in [3.8, 4) is 0 Å². The molecule has 0 amide bonds. The molecule has 0 bridgehead atoms. The highest BCUT2D eigenvalue weighted by molar-refractivity contribution is 5.40. The highest BCUT2D eigenvalue weighted by atomic mass is 14.9. The average molecular weight is 189 g/mol. The smallest absolute Gasteiger partial charge is 0.0212 e. The van der Waals surface area contributed by atoms with Gasteiger partial charge in [-0.2, -0.15) is 0 Å². The molecule has 0 spiro atoms. The molecule has 1 heteroatoms. The quantitative estimate of drug-likeness (QED) is 0.771. The Bertz CT molecular complexity index is 328. The van der Waals surface area contributed by atoms with E-state index in [0.29, 0.717) is 0 Å². The lowest BCUT2D eigenvalue weighted by atomic mass is 9.96. The first-order chi connectivity index (χ1) is 6.85. The van der Waals surface area contributed by atoms with Crippen molar-refractivity contribution in [2.45, 2.75) is 46.2 Å². The molecule has 0 aromatic heterocycles. The summed E-state index contributed by atoms with van der Waals surface area (Å²) in [5.41, 5.74) is 6.15. The third kappa shape index (κ3) is 1.69. The third-order valence-electron chi connectivity index (χ3n) is 3.05. The molecule has 0 aliphatic carbocycles. The molecule has 0 fully saturated rings. The predicted octanol–water partition coefficient (Wildman–Crippen LogP) is 2.80. The molecular weight excluding hydrogens is 170 g/mol. The van der Waals surface area contributed by atoms with E-state index in [-0.39, 0.29) is 0 Å². The van der Waals surface area contributed by atoms with Crippen molar-refractivity contribution in [1.29, 1.82) is 0 Å². The van der Waals surface area contributed by atoms with Crippen LogP contribution in [0.5, 0.6) is 0 Å². The van der Waals surface area contributed by atoms with Crippen molar-refractivity contribution in [2.24, 2.45) is 0 Å². The second-order valence-electron chi connectivity index (χ2n) is 4.10. The van der Waals surface area contributed by atoms with Gasteiger partial charge in [0.15, 0.2) is 0 Å². The molecule has 0 radical (unpaired) electrons. The lowest BCUT2D eigenvalue weighted by Gasteiger charge is -2.09. The molecule has 1 aromatic carbocycles. The van der Waals surface area contributed by atoms with Crippen molar-refractivity contribution >= 4 is 0 Å². The Morgan fingerprint density at radius 3 is 2.29 bits per heavy atom. The minimum atomic E-state index is 1.06. The summed E-state index contributed by atoms with van der Waals surface area (Å²) in [5.74, 6) is 0. The molecule has 14 heavy (non-hydrogen) atoms. The van der Waals surface area contributed by atoms with Crippen LogP contribution < -0.4 is 5.32 Å². The molecule has 1 heterocycles. The van der Waals surface area contributed by atoms with Crippen molar-refractivity contribution in [1.82, 2.24) is 5.32 Å². The van der Waals surface area contributed by atoms with Crippen molar-refractivity contribution in [2.75, 3.05) is 0 Å². The Morgan fingerprint density at radius 1 is 1.07 bits per heavy atom. The van der Waals surface area contributed by atoms with E-state index >= 15 is 0 Å². The second kappa shape index (κ2) is 4.14. The van der Waals surface area contributed by atoms with Crippen LogP contribution in [0.3, 0.4) is 0 Å². The standard InChI is InChI=1S/C13H19N/c1-3-5-11-7-13-9-14-8-12(13)6-10(11)4-2/h6-7,14H,3-5,8-9H2,1-2H3. The minimum Gasteiger partial charge on any atom is -0.309 e. The second-order valence-corrected chi connectivity index (χ2v) is 4.10. The Hall–Kier alpha value is -0.820. The van der Waals surface area contributed by atoms with Gasteiger partial charge in [-0.15, -0.1) is 0 Å². The van der Waals surface area contributed by atoms with Gasteiger partial charge in [0, 0.05) is 13.1 Å². The van der Waals surface area contributed by atoms with Crippen LogP contribution in [0.1, 0.15) is 42.5 Å². The predicted molar refractivity (Wildman–Crippen MR) is 60.4 cm³/mol. The molecule has 0 saturated heterocycles. The zero-order valence-electron chi connectivity index (χ0n) is 9.19. The molecule has 1 aliphatic rings. The van der Waals surface area contributed by atoms with Gasteiger partial charge in [0.25, 0.3) is 0 Å². The number of nitrogens with one attached hydrogen (secondary N) is 1. The third-order valence-corrected chi connectivity index (χ3v) is 3.05. The van der Waals surface area contributed by atoms with E-state index in [4.69, 9.17) is 0 Å². The number of aryl methyl sites for hydroxylation is 2. The van der Waals surface area contributed by atoms with E-state index in [0.717, 1.165) is 13.1 Å². The monoisotopic (exact) mass is 189 g/mol. The van der Waals surface area contributed by atoms with E-state index in [2.05, 4.69) is 31.3 Å². The number of fused-ring (bicyclic) bond motifs is 1. The fraction of sp³-hybridized carbons (Fsp3) is 0.538. The molecular formula is C13H19N. The molecule has 2 rings (SSSR count). The van der Waals surface area contributed by atoms with Gasteiger partial charge in [-0.1, -0.05) is 32.4 Å². The van der Waals surface area contributed by atoms with Crippen molar-refractivity contribution < 1.29 is 0 Å². The van der Waals surface area contributed by atoms with Gasteiger partial charge in [-0.25, -0.2) is 0 Å². The van der Waals surface area contributed by atoms with Crippen LogP contribution in [0.15, 0.2) is 12.1 Å². The summed E-state index contributed by atoms with van der Waals surface area (Å²) in [6, 6.07) is 4.82. The van der Waals surface area contributed by atoms with E-state index in [1.165, 1.54) is 30.4 Å². The number of hydrogen-bond donors (Lipinski definition) is 1. The molecule has 1 nitrogen and oxygen atoms in total. The van der Waals surface area contributed by atoms with Crippen LogP contribution in [0.2, 0.25) is 0 Å². The summed E-state index contributed by atoms with van der Waals surface area (Å²) < 4.78 is 0. The van der Waals surface area contributed by atoms with Crippen molar-refractivity contribution in [3.63, 3.8) is 0 Å². The largest absolute Gasteiger partial charge is 0.309 e. The van der Waals surface area contributed by atoms with Crippen LogP contribution in [-0.4, -0.2) is 0 Å². The van der Waals surface area contributed by atoms with Gasteiger partial charge in [-0.05, 0) is 35.1 Å². The topological polar surface area (TPSA) is 12.0 Å². The summed E-state index contributed by atoms with van der Waals surface area (Å²) in [6.45, 7) is 6.64. The average Bonchev–Trinajstić information content (AvgIpc) is 2.64. The Labute approximate surface area is 86.5 Å². The summed E-state index contributed by atoms with van der Waals surface area (Å²) in [5, 5.41) is 3.41. The highest BCUT2D eigenvalue weighted by Gasteiger charge is 2.12. The number of rotatable bonds is 3. The maximum Gasteiger partial charge on any atom is 0.0212 e.